The number of imidazole rings is 1. The number of guanidine groups is 1. The van der Waals surface area contributed by atoms with Gasteiger partial charge in [0.05, 0.1) is 17.1 Å². The number of rotatable bonds is 9. The van der Waals surface area contributed by atoms with Gasteiger partial charge in [-0.25, -0.2) is 14.4 Å². The summed E-state index contributed by atoms with van der Waals surface area (Å²) in [6.07, 6.45) is 9.39. The summed E-state index contributed by atoms with van der Waals surface area (Å²) in [7, 11) is 0. The maximum absolute atomic E-state index is 13.6. The van der Waals surface area contributed by atoms with Crippen LogP contribution in [0.4, 0.5) is 4.39 Å². The van der Waals surface area contributed by atoms with Gasteiger partial charge in [-0.3, -0.25) is 9.39 Å². The lowest BCUT2D eigenvalue weighted by Crippen LogP contribution is -2.18. The zero-order valence-corrected chi connectivity index (χ0v) is 18.8. The molecule has 1 N–H and O–H groups in total. The average Bonchev–Trinajstić information content (AvgIpc) is 3.19. The molecule has 0 saturated carbocycles. The van der Waals surface area contributed by atoms with E-state index in [0.717, 1.165) is 42.6 Å². The third kappa shape index (κ3) is 5.38. The maximum Gasteiger partial charge on any atom is 0.222 e. The zero-order valence-electron chi connectivity index (χ0n) is 18.8. The lowest BCUT2D eigenvalue weighted by Gasteiger charge is -2.08. The van der Waals surface area contributed by atoms with Gasteiger partial charge >= 0.3 is 0 Å². The first-order valence-corrected chi connectivity index (χ1v) is 11.0. The lowest BCUT2D eigenvalue weighted by molar-refractivity contribution is 0.628. The van der Waals surface area contributed by atoms with Gasteiger partial charge < -0.3 is 5.32 Å². The van der Waals surface area contributed by atoms with Gasteiger partial charge in [0.1, 0.15) is 11.5 Å². The molecule has 0 aliphatic rings. The predicted molar refractivity (Wildman–Crippen MR) is 132 cm³/mol. The molecule has 1 aromatic carbocycles. The summed E-state index contributed by atoms with van der Waals surface area (Å²) in [5.74, 6) is 0.179. The largest absolute Gasteiger partial charge is 0.332 e. The smallest absolute Gasteiger partial charge is 0.222 e. The molecule has 2 heterocycles. The molecule has 0 radical (unpaired) electrons. The van der Waals surface area contributed by atoms with Crippen molar-refractivity contribution < 1.29 is 4.39 Å². The molecule has 3 aromatic rings. The molecule has 5 nitrogen and oxygen atoms in total. The van der Waals surface area contributed by atoms with Gasteiger partial charge in [-0.05, 0) is 67.1 Å². The monoisotopic (exact) mass is 431 g/mol. The third-order valence-electron chi connectivity index (χ3n) is 5.13. The molecule has 32 heavy (non-hydrogen) atoms. The van der Waals surface area contributed by atoms with E-state index in [0.29, 0.717) is 23.9 Å². The molecule has 6 heteroatoms. The van der Waals surface area contributed by atoms with Gasteiger partial charge in [-0.1, -0.05) is 39.8 Å². The quantitative estimate of drug-likeness (QED) is 0.258. The van der Waals surface area contributed by atoms with E-state index in [4.69, 9.17) is 9.98 Å². The van der Waals surface area contributed by atoms with Crippen LogP contribution in [0.5, 0.6) is 0 Å². The number of pyridine rings is 1. The lowest BCUT2D eigenvalue weighted by atomic mass is 10.1. The molecule has 0 amide bonds. The fourth-order valence-electron chi connectivity index (χ4n) is 3.42. The molecule has 0 fully saturated rings. The molecule has 0 aliphatic carbocycles. The number of fused-ring (bicyclic) bond motifs is 1. The minimum atomic E-state index is -0.290. The molecule has 2 aromatic heterocycles. The van der Waals surface area contributed by atoms with Crippen LogP contribution in [-0.4, -0.2) is 27.6 Å². The standard InChI is InChI=1S/C26H30FN5/c1-5-9-10-16-29-26(28-8-4)30-22(7-3)25-24(20-11-13-21(27)14-12-20)31-23-18-19(6-2)15-17-32(23)25/h7-8,11-15,17-18H,3-6,9-10,16H2,1-2H3,(H,28,29)/b30-22+. The van der Waals surface area contributed by atoms with Gasteiger partial charge in [-0.15, -0.1) is 0 Å². The number of nitrogens with one attached hydrogen (secondary N) is 1. The maximum atomic E-state index is 13.6. The van der Waals surface area contributed by atoms with E-state index in [9.17, 15) is 4.39 Å². The molecule has 0 bridgehead atoms. The van der Waals surface area contributed by atoms with Crippen LogP contribution in [0.2, 0.25) is 0 Å². The second-order valence-corrected chi connectivity index (χ2v) is 7.39. The summed E-state index contributed by atoms with van der Waals surface area (Å²) in [5.41, 5.74) is 4.88. The summed E-state index contributed by atoms with van der Waals surface area (Å²) < 4.78 is 15.5. The van der Waals surface area contributed by atoms with E-state index in [1.54, 1.807) is 24.4 Å². The van der Waals surface area contributed by atoms with E-state index in [1.165, 1.54) is 17.7 Å². The Hall–Kier alpha value is -3.54. The number of aliphatic imine (C=N–C) groups is 2. The Morgan fingerprint density at radius 1 is 1.16 bits per heavy atom. The fraction of sp³-hybridized carbons (Fsp3) is 0.269. The number of aryl methyl sites for hydroxylation is 1. The van der Waals surface area contributed by atoms with Gasteiger partial charge in [-0.2, -0.15) is 0 Å². The third-order valence-corrected chi connectivity index (χ3v) is 5.13. The molecule has 0 atom stereocenters. The Morgan fingerprint density at radius 2 is 1.94 bits per heavy atom. The van der Waals surface area contributed by atoms with Crippen molar-refractivity contribution in [3.8, 4) is 11.3 Å². The van der Waals surface area contributed by atoms with Crippen molar-refractivity contribution >= 4 is 17.3 Å². The minimum Gasteiger partial charge on any atom is -0.332 e. The first-order valence-electron chi connectivity index (χ1n) is 11.0. The van der Waals surface area contributed by atoms with Crippen LogP contribution in [0, 0.1) is 5.82 Å². The van der Waals surface area contributed by atoms with Crippen LogP contribution in [-0.2, 0) is 6.42 Å². The number of allylic oxidation sites excluding steroid dienone is 1. The number of aromatic nitrogens is 2. The highest BCUT2D eigenvalue weighted by Gasteiger charge is 2.18. The molecular weight excluding hydrogens is 401 g/mol. The Labute approximate surface area is 189 Å². The number of hydrogen-bond donors (Lipinski definition) is 1. The Bertz CT molecular complexity index is 1140. The Kier molecular flexibility index (Phi) is 8.08. The first-order chi connectivity index (χ1) is 15.6. The summed E-state index contributed by atoms with van der Waals surface area (Å²) in [5, 5.41) is 3.02. The number of halogens is 1. The minimum absolute atomic E-state index is 0.290. The van der Waals surface area contributed by atoms with E-state index in [2.05, 4.69) is 49.4 Å². The molecule has 0 aliphatic heterocycles. The molecule has 166 valence electrons. The molecular formula is C26H30FN5. The van der Waals surface area contributed by atoms with Crippen molar-refractivity contribution in [2.75, 3.05) is 6.54 Å². The van der Waals surface area contributed by atoms with Crippen LogP contribution >= 0.6 is 0 Å². The van der Waals surface area contributed by atoms with Crippen LogP contribution in [0.1, 0.15) is 44.4 Å². The molecule has 0 spiro atoms. The second-order valence-electron chi connectivity index (χ2n) is 7.39. The fourth-order valence-corrected chi connectivity index (χ4v) is 3.42. The number of benzene rings is 1. The zero-order chi connectivity index (χ0) is 22.9. The van der Waals surface area contributed by atoms with E-state index in [-0.39, 0.29) is 5.82 Å². The first kappa shape index (κ1) is 23.1. The van der Waals surface area contributed by atoms with Crippen LogP contribution in [0.3, 0.4) is 0 Å². The van der Waals surface area contributed by atoms with Crippen LogP contribution < -0.4 is 5.32 Å². The van der Waals surface area contributed by atoms with Crippen molar-refractivity contribution in [1.29, 1.82) is 0 Å². The summed E-state index contributed by atoms with van der Waals surface area (Å²) >= 11 is 0. The summed E-state index contributed by atoms with van der Waals surface area (Å²) in [6, 6.07) is 10.4. The highest BCUT2D eigenvalue weighted by Crippen LogP contribution is 2.26. The molecule has 0 unspecified atom stereocenters. The molecule has 3 rings (SSSR count). The number of unbranched alkanes of at least 4 members (excludes halogenated alkanes) is 2. The van der Waals surface area contributed by atoms with Crippen molar-refractivity contribution in [1.82, 2.24) is 14.7 Å². The van der Waals surface area contributed by atoms with E-state index in [1.807, 2.05) is 10.6 Å². The van der Waals surface area contributed by atoms with Crippen molar-refractivity contribution in [2.45, 2.75) is 39.5 Å². The van der Waals surface area contributed by atoms with Gasteiger partial charge in [0.2, 0.25) is 5.96 Å². The van der Waals surface area contributed by atoms with Crippen molar-refractivity contribution in [3.05, 3.63) is 85.1 Å². The highest BCUT2D eigenvalue weighted by atomic mass is 19.1. The highest BCUT2D eigenvalue weighted by molar-refractivity contribution is 6.15. The van der Waals surface area contributed by atoms with Gasteiger partial charge in [0.15, 0.2) is 0 Å². The predicted octanol–water partition coefficient (Wildman–Crippen LogP) is 5.96. The average molecular weight is 432 g/mol. The Morgan fingerprint density at radius 3 is 2.59 bits per heavy atom. The van der Waals surface area contributed by atoms with Crippen LogP contribution in [0.15, 0.2) is 78.0 Å². The van der Waals surface area contributed by atoms with Gasteiger partial charge in [0, 0.05) is 18.3 Å². The molecule has 0 saturated heterocycles. The normalized spacial score (nSPS) is 12.2. The summed E-state index contributed by atoms with van der Waals surface area (Å²) in [4.78, 5) is 14.2. The van der Waals surface area contributed by atoms with Gasteiger partial charge in [0.25, 0.3) is 0 Å². The SMILES string of the molecule is C=CNC(=NCCCCC)/N=C(\C=C)c1c(-c2ccc(F)cc2)nc2cc(CC)ccn12. The number of hydrogen-bond acceptors (Lipinski definition) is 2. The number of nitrogens with zero attached hydrogens (tertiary/aromatic N) is 4. The van der Waals surface area contributed by atoms with Crippen molar-refractivity contribution in [2.24, 2.45) is 9.98 Å². The summed E-state index contributed by atoms with van der Waals surface area (Å²) in [6.45, 7) is 12.7. The van der Waals surface area contributed by atoms with E-state index < -0.39 is 0 Å². The topological polar surface area (TPSA) is 54.0 Å². The van der Waals surface area contributed by atoms with Crippen molar-refractivity contribution in [3.63, 3.8) is 0 Å². The van der Waals surface area contributed by atoms with Crippen LogP contribution in [0.25, 0.3) is 16.9 Å². The second kappa shape index (κ2) is 11.2. The van der Waals surface area contributed by atoms with E-state index >= 15 is 0 Å². The Balaban J connectivity index is 2.17.